The highest BCUT2D eigenvalue weighted by atomic mass is 32.2. The van der Waals surface area contributed by atoms with Gasteiger partial charge in [-0.05, 0) is 38.8 Å². The van der Waals surface area contributed by atoms with Crippen LogP contribution in [0, 0.1) is 11.6 Å². The van der Waals surface area contributed by atoms with Crippen molar-refractivity contribution >= 4 is 21.7 Å². The van der Waals surface area contributed by atoms with E-state index in [0.29, 0.717) is 25.9 Å². The summed E-state index contributed by atoms with van der Waals surface area (Å²) in [5.41, 5.74) is -0.481. The zero-order valence-electron chi connectivity index (χ0n) is 13.6. The van der Waals surface area contributed by atoms with Gasteiger partial charge in [0.15, 0.2) is 0 Å². The Morgan fingerprint density at radius 1 is 1.21 bits per heavy atom. The zero-order chi connectivity index (χ0) is 17.9. The largest absolute Gasteiger partial charge is 0.324 e. The molecule has 9 heteroatoms. The molecule has 1 aromatic rings. The third-order valence-corrected chi connectivity index (χ3v) is 5.83. The number of amides is 2. The maximum atomic E-state index is 13.6. The number of nitrogens with one attached hydrogen (secondary N) is 2. The molecule has 0 radical (unpaired) electrons. The van der Waals surface area contributed by atoms with E-state index in [-0.39, 0.29) is 6.04 Å². The van der Waals surface area contributed by atoms with Gasteiger partial charge in [-0.3, -0.25) is 0 Å². The Kier molecular flexibility index (Phi) is 5.76. The van der Waals surface area contributed by atoms with Gasteiger partial charge in [-0.2, -0.15) is 0 Å². The fourth-order valence-electron chi connectivity index (χ4n) is 2.37. The molecule has 0 aliphatic carbocycles. The summed E-state index contributed by atoms with van der Waals surface area (Å²) in [7, 11) is -3.36. The van der Waals surface area contributed by atoms with Gasteiger partial charge in [-0.1, -0.05) is 6.07 Å². The number of rotatable bonds is 4. The number of piperidine rings is 1. The molecule has 2 amide bonds. The van der Waals surface area contributed by atoms with Crippen molar-refractivity contribution in [1.82, 2.24) is 9.62 Å². The Balaban J connectivity index is 1.91. The zero-order valence-corrected chi connectivity index (χ0v) is 14.4. The van der Waals surface area contributed by atoms with Crippen molar-refractivity contribution in [3.63, 3.8) is 0 Å². The van der Waals surface area contributed by atoms with Gasteiger partial charge in [-0.25, -0.2) is 26.7 Å². The molecule has 24 heavy (non-hydrogen) atoms. The summed E-state index contributed by atoms with van der Waals surface area (Å²) in [5, 5.41) is 1.70. The van der Waals surface area contributed by atoms with Crippen LogP contribution in [0.15, 0.2) is 18.2 Å². The fourth-order valence-corrected chi connectivity index (χ4v) is 3.34. The van der Waals surface area contributed by atoms with Crippen LogP contribution in [-0.4, -0.2) is 43.7 Å². The molecule has 2 rings (SSSR count). The molecule has 2 N–H and O–H groups in total. The number of carbonyl (C=O) groups is 1. The highest BCUT2D eigenvalue weighted by molar-refractivity contribution is 7.90. The molecule has 1 aromatic carbocycles. The van der Waals surface area contributed by atoms with E-state index in [2.05, 4.69) is 10.0 Å². The number of anilines is 1. The van der Waals surface area contributed by atoms with Gasteiger partial charge in [0.1, 0.15) is 17.3 Å². The maximum Gasteiger partial charge on any atom is 0.322 e. The van der Waals surface area contributed by atoms with Gasteiger partial charge in [0.2, 0.25) is 10.0 Å². The second-order valence-corrected chi connectivity index (χ2v) is 8.27. The number of sulfonamides is 1. The number of urea groups is 1. The number of hydrogen-bond donors (Lipinski definition) is 2. The van der Waals surface area contributed by atoms with Crippen LogP contribution >= 0.6 is 0 Å². The molecule has 1 aliphatic rings. The number of carbonyl (C=O) groups excluding carboxylic acids is 1. The number of hydrogen-bond acceptors (Lipinski definition) is 3. The number of para-hydroxylation sites is 1. The number of nitrogens with zero attached hydrogens (tertiary/aromatic N) is 1. The van der Waals surface area contributed by atoms with Crippen LogP contribution in [0.3, 0.4) is 0 Å². The van der Waals surface area contributed by atoms with Crippen molar-refractivity contribution in [2.24, 2.45) is 0 Å². The lowest BCUT2D eigenvalue weighted by atomic mass is 10.1. The summed E-state index contributed by atoms with van der Waals surface area (Å²) in [5.74, 6) is -1.69. The van der Waals surface area contributed by atoms with E-state index in [4.69, 9.17) is 0 Å². The minimum absolute atomic E-state index is 0.244. The highest BCUT2D eigenvalue weighted by Gasteiger charge is 2.27. The van der Waals surface area contributed by atoms with E-state index in [1.54, 1.807) is 13.8 Å². The Labute approximate surface area is 140 Å². The van der Waals surface area contributed by atoms with Crippen molar-refractivity contribution < 1.29 is 22.0 Å². The molecule has 1 fully saturated rings. The molecule has 0 spiro atoms. The lowest BCUT2D eigenvalue weighted by Crippen LogP contribution is -2.48. The normalized spacial score (nSPS) is 16.5. The average molecular weight is 361 g/mol. The predicted octanol–water partition coefficient (Wildman–Crippen LogP) is 2.29. The first-order valence-corrected chi connectivity index (χ1v) is 9.26. The van der Waals surface area contributed by atoms with E-state index in [1.807, 2.05) is 0 Å². The SMILES string of the molecule is CC(C)S(=O)(=O)NC1CCN(C(=O)Nc2c(F)cccc2F)CC1. The third kappa shape index (κ3) is 4.41. The molecule has 1 saturated heterocycles. The average Bonchev–Trinajstić information content (AvgIpc) is 2.51. The number of halogens is 2. The highest BCUT2D eigenvalue weighted by Crippen LogP contribution is 2.20. The standard InChI is InChI=1S/C15H21F2N3O3S/c1-10(2)24(22,23)19-11-6-8-20(9-7-11)15(21)18-14-12(16)4-3-5-13(14)17/h3-5,10-11,19H,6-9H2,1-2H3,(H,18,21). The van der Waals surface area contributed by atoms with Crippen molar-refractivity contribution in [2.45, 2.75) is 38.0 Å². The lowest BCUT2D eigenvalue weighted by Gasteiger charge is -2.32. The Hall–Kier alpha value is -1.74. The first kappa shape index (κ1) is 18.6. The molecule has 0 atom stereocenters. The number of benzene rings is 1. The van der Waals surface area contributed by atoms with Crippen LogP contribution in [0.25, 0.3) is 0 Å². The topological polar surface area (TPSA) is 78.5 Å². The van der Waals surface area contributed by atoms with E-state index in [9.17, 15) is 22.0 Å². The van der Waals surface area contributed by atoms with Crippen LogP contribution in [0.4, 0.5) is 19.3 Å². The van der Waals surface area contributed by atoms with Crippen molar-refractivity contribution in [1.29, 1.82) is 0 Å². The summed E-state index contributed by atoms with van der Waals surface area (Å²) in [6, 6.07) is 2.49. The third-order valence-electron chi connectivity index (χ3n) is 3.93. The van der Waals surface area contributed by atoms with Crippen LogP contribution in [-0.2, 0) is 10.0 Å². The van der Waals surface area contributed by atoms with Gasteiger partial charge in [0.25, 0.3) is 0 Å². The molecular formula is C15H21F2N3O3S. The fraction of sp³-hybridized carbons (Fsp3) is 0.533. The molecule has 0 saturated carbocycles. The van der Waals surface area contributed by atoms with Crippen LogP contribution < -0.4 is 10.0 Å². The van der Waals surface area contributed by atoms with Crippen molar-refractivity contribution in [2.75, 3.05) is 18.4 Å². The Morgan fingerprint density at radius 3 is 2.25 bits per heavy atom. The van der Waals surface area contributed by atoms with E-state index >= 15 is 0 Å². The minimum Gasteiger partial charge on any atom is -0.324 e. The first-order chi connectivity index (χ1) is 11.2. The summed E-state index contributed by atoms with van der Waals surface area (Å²) < 4.78 is 53.4. The molecule has 1 heterocycles. The van der Waals surface area contributed by atoms with Gasteiger partial charge < -0.3 is 10.2 Å². The quantitative estimate of drug-likeness (QED) is 0.864. The van der Waals surface area contributed by atoms with Gasteiger partial charge in [0, 0.05) is 19.1 Å². The van der Waals surface area contributed by atoms with Crippen LogP contribution in [0.2, 0.25) is 0 Å². The van der Waals surface area contributed by atoms with E-state index < -0.39 is 38.6 Å². The van der Waals surface area contributed by atoms with Gasteiger partial charge in [-0.15, -0.1) is 0 Å². The van der Waals surface area contributed by atoms with E-state index in [0.717, 1.165) is 12.1 Å². The Morgan fingerprint density at radius 2 is 1.75 bits per heavy atom. The summed E-state index contributed by atoms with van der Waals surface area (Å²) in [6.45, 7) is 3.78. The Bertz CT molecular complexity index is 682. The van der Waals surface area contributed by atoms with Crippen molar-refractivity contribution in [3.8, 4) is 0 Å². The molecule has 0 unspecified atom stereocenters. The summed E-state index contributed by atoms with van der Waals surface area (Å²) in [4.78, 5) is 13.5. The summed E-state index contributed by atoms with van der Waals surface area (Å²) in [6.07, 6.45) is 0.887. The maximum absolute atomic E-state index is 13.6. The monoisotopic (exact) mass is 361 g/mol. The summed E-state index contributed by atoms with van der Waals surface area (Å²) >= 11 is 0. The van der Waals surface area contributed by atoms with Gasteiger partial charge in [0.05, 0.1) is 5.25 Å². The van der Waals surface area contributed by atoms with Crippen molar-refractivity contribution in [3.05, 3.63) is 29.8 Å². The van der Waals surface area contributed by atoms with Crippen LogP contribution in [0.1, 0.15) is 26.7 Å². The minimum atomic E-state index is -3.36. The van der Waals surface area contributed by atoms with Gasteiger partial charge >= 0.3 is 6.03 Å². The van der Waals surface area contributed by atoms with E-state index in [1.165, 1.54) is 11.0 Å². The molecule has 6 nitrogen and oxygen atoms in total. The molecular weight excluding hydrogens is 340 g/mol. The molecule has 134 valence electrons. The van der Waals surface area contributed by atoms with Crippen LogP contribution in [0.5, 0.6) is 0 Å². The smallest absolute Gasteiger partial charge is 0.322 e. The predicted molar refractivity (Wildman–Crippen MR) is 87.2 cm³/mol. The second-order valence-electron chi connectivity index (χ2n) is 6.00. The second kappa shape index (κ2) is 7.43. The lowest BCUT2D eigenvalue weighted by molar-refractivity contribution is 0.192. The molecule has 0 bridgehead atoms. The molecule has 1 aliphatic heterocycles. The first-order valence-electron chi connectivity index (χ1n) is 7.72. The molecule has 0 aromatic heterocycles. The number of likely N-dealkylation sites (tertiary alicyclic amines) is 1.